The summed E-state index contributed by atoms with van der Waals surface area (Å²) in [4.78, 5) is 25.8. The minimum absolute atomic E-state index is 0.0988. The van der Waals surface area contributed by atoms with Gasteiger partial charge in [0, 0.05) is 43.0 Å². The highest BCUT2D eigenvalue weighted by Crippen LogP contribution is 2.36. The van der Waals surface area contributed by atoms with E-state index in [2.05, 4.69) is 34.6 Å². The van der Waals surface area contributed by atoms with Gasteiger partial charge in [0.25, 0.3) is 0 Å². The van der Waals surface area contributed by atoms with Gasteiger partial charge >= 0.3 is 0 Å². The number of fused-ring (bicyclic) bond motifs is 1. The molecule has 2 fully saturated rings. The first-order valence-electron chi connectivity index (χ1n) is 12.9. The van der Waals surface area contributed by atoms with Crippen LogP contribution in [0.2, 0.25) is 0 Å². The van der Waals surface area contributed by atoms with Crippen LogP contribution in [-0.4, -0.2) is 56.1 Å². The molecule has 0 bridgehead atoms. The van der Waals surface area contributed by atoms with E-state index in [9.17, 15) is 4.79 Å². The number of hydroxylamine groups is 1. The molecule has 5 rings (SSSR count). The van der Waals surface area contributed by atoms with Crippen LogP contribution < -0.4 is 15.7 Å². The Bertz CT molecular complexity index is 1080. The average molecular weight is 490 g/mol. The molecule has 8 heteroatoms. The number of amides is 1. The summed E-state index contributed by atoms with van der Waals surface area (Å²) in [5.74, 6) is -0.146. The first-order chi connectivity index (χ1) is 17.7. The summed E-state index contributed by atoms with van der Waals surface area (Å²) >= 11 is 0. The third-order valence-electron chi connectivity index (χ3n) is 6.91. The van der Waals surface area contributed by atoms with Crippen molar-refractivity contribution in [3.63, 3.8) is 0 Å². The average Bonchev–Trinajstić information content (AvgIpc) is 2.88. The number of carbonyl (C=O) groups is 1. The Morgan fingerprint density at radius 3 is 2.75 bits per heavy atom. The van der Waals surface area contributed by atoms with Gasteiger partial charge in [-0.2, -0.15) is 0 Å². The topological polar surface area (TPSA) is 78.4 Å². The molecule has 1 saturated heterocycles. The smallest absolute Gasteiger partial charge is 0.248 e. The van der Waals surface area contributed by atoms with Crippen molar-refractivity contribution in [1.29, 1.82) is 0 Å². The van der Waals surface area contributed by atoms with E-state index in [1.807, 2.05) is 42.5 Å². The van der Waals surface area contributed by atoms with Crippen LogP contribution in [0.3, 0.4) is 0 Å². The van der Waals surface area contributed by atoms with Gasteiger partial charge in [0.05, 0.1) is 25.0 Å². The molecule has 190 valence electrons. The third kappa shape index (κ3) is 6.20. The van der Waals surface area contributed by atoms with Crippen LogP contribution in [0, 0.1) is 0 Å². The molecule has 0 radical (unpaired) electrons. The molecule has 1 unspecified atom stereocenters. The van der Waals surface area contributed by atoms with Crippen molar-refractivity contribution in [2.45, 2.75) is 44.5 Å². The number of morpholine rings is 1. The Kier molecular flexibility index (Phi) is 8.08. The van der Waals surface area contributed by atoms with Crippen LogP contribution in [0.4, 0.5) is 11.4 Å². The Hall–Kier alpha value is -3.04. The van der Waals surface area contributed by atoms with E-state index in [0.29, 0.717) is 0 Å². The maximum Gasteiger partial charge on any atom is 0.248 e. The lowest BCUT2D eigenvalue weighted by atomic mass is 9.96. The second-order valence-corrected chi connectivity index (χ2v) is 9.53. The number of carbonyl (C=O) groups excluding carboxylic acids is 1. The number of nitrogens with one attached hydrogen (secondary N) is 2. The Morgan fingerprint density at radius 1 is 1.19 bits per heavy atom. The fourth-order valence-electron chi connectivity index (χ4n) is 4.53. The molecule has 2 aromatic carbocycles. The van der Waals surface area contributed by atoms with E-state index in [1.54, 1.807) is 17.5 Å². The van der Waals surface area contributed by atoms with Crippen LogP contribution in [0.5, 0.6) is 0 Å². The van der Waals surface area contributed by atoms with E-state index in [1.165, 1.54) is 12.0 Å². The Morgan fingerprint density at radius 2 is 2.00 bits per heavy atom. The molecule has 2 aliphatic heterocycles. The van der Waals surface area contributed by atoms with Crippen molar-refractivity contribution in [3.8, 4) is 0 Å². The molecule has 36 heavy (non-hydrogen) atoms. The molecule has 0 aromatic heterocycles. The number of benzene rings is 2. The highest BCUT2D eigenvalue weighted by Gasteiger charge is 2.28. The SMILES string of the molecule is C[C@@H](NC1N=CN(OC2CCC2)c2ccc(NC(=O)C=CCN3CCOCC3)cc21)c1ccccc1. The first-order valence-corrected chi connectivity index (χ1v) is 12.9. The second-order valence-electron chi connectivity index (χ2n) is 9.53. The summed E-state index contributed by atoms with van der Waals surface area (Å²) in [5, 5.41) is 8.40. The lowest BCUT2D eigenvalue weighted by Gasteiger charge is -2.35. The van der Waals surface area contributed by atoms with E-state index >= 15 is 0 Å². The molecule has 2 heterocycles. The number of hydrogen-bond acceptors (Lipinski definition) is 7. The van der Waals surface area contributed by atoms with Gasteiger partial charge in [-0.05, 0) is 49.9 Å². The van der Waals surface area contributed by atoms with Gasteiger partial charge in [0.2, 0.25) is 5.91 Å². The minimum atomic E-state index is -0.259. The summed E-state index contributed by atoms with van der Waals surface area (Å²) in [5.41, 5.74) is 3.83. The zero-order valence-electron chi connectivity index (χ0n) is 20.8. The van der Waals surface area contributed by atoms with Crippen LogP contribution >= 0.6 is 0 Å². The van der Waals surface area contributed by atoms with Crippen molar-refractivity contribution in [2.24, 2.45) is 4.99 Å². The predicted molar refractivity (Wildman–Crippen MR) is 142 cm³/mol. The molecule has 2 atom stereocenters. The standard InChI is InChI=1S/C28H35N5O3/c1-21(22-7-3-2-4-8-22)30-28-25-19-23(31-27(34)11-6-14-32-15-17-35-18-16-32)12-13-26(25)33(20-29-28)36-24-9-5-10-24/h2-4,6-8,11-13,19-21,24,28,30H,5,9-10,14-18H2,1H3,(H,31,34)/t21-,28?/m1/s1. The number of rotatable bonds is 9. The van der Waals surface area contributed by atoms with Crippen molar-refractivity contribution < 1.29 is 14.4 Å². The fourth-order valence-corrected chi connectivity index (χ4v) is 4.53. The van der Waals surface area contributed by atoms with Crippen molar-refractivity contribution in [2.75, 3.05) is 43.2 Å². The molecule has 1 aliphatic carbocycles. The second kappa shape index (κ2) is 11.8. The normalized spacial score (nSPS) is 21.2. The van der Waals surface area contributed by atoms with Crippen molar-refractivity contribution in [1.82, 2.24) is 10.2 Å². The molecule has 2 aromatic rings. The van der Waals surface area contributed by atoms with E-state index in [0.717, 1.165) is 62.6 Å². The van der Waals surface area contributed by atoms with E-state index in [4.69, 9.17) is 14.6 Å². The largest absolute Gasteiger partial charge is 0.379 e. The summed E-state index contributed by atoms with van der Waals surface area (Å²) in [6.07, 6.45) is 8.58. The van der Waals surface area contributed by atoms with Crippen LogP contribution in [-0.2, 0) is 14.4 Å². The highest BCUT2D eigenvalue weighted by atomic mass is 16.7. The summed E-state index contributed by atoms with van der Waals surface area (Å²) < 4.78 is 5.38. The lowest BCUT2D eigenvalue weighted by Crippen LogP contribution is -2.37. The van der Waals surface area contributed by atoms with Crippen molar-refractivity contribution >= 4 is 23.6 Å². The predicted octanol–water partition coefficient (Wildman–Crippen LogP) is 4.20. The summed E-state index contributed by atoms with van der Waals surface area (Å²) in [7, 11) is 0. The van der Waals surface area contributed by atoms with Gasteiger partial charge in [-0.25, -0.2) is 10.1 Å². The molecule has 8 nitrogen and oxygen atoms in total. The number of aliphatic imine (C=N–C) groups is 1. The molecule has 2 N–H and O–H groups in total. The van der Waals surface area contributed by atoms with Crippen LogP contribution in [0.25, 0.3) is 0 Å². The number of hydrogen-bond donors (Lipinski definition) is 2. The highest BCUT2D eigenvalue weighted by molar-refractivity contribution is 5.99. The van der Waals surface area contributed by atoms with Gasteiger partial charge in [-0.3, -0.25) is 19.8 Å². The summed E-state index contributed by atoms with van der Waals surface area (Å²) in [6, 6.07) is 16.3. The molecule has 3 aliphatic rings. The Labute approximate surface area is 212 Å². The minimum Gasteiger partial charge on any atom is -0.379 e. The van der Waals surface area contributed by atoms with E-state index in [-0.39, 0.29) is 24.2 Å². The molecular formula is C28H35N5O3. The number of anilines is 2. The van der Waals surface area contributed by atoms with Gasteiger partial charge in [0.1, 0.15) is 12.5 Å². The third-order valence-corrected chi connectivity index (χ3v) is 6.91. The molecule has 1 amide bonds. The molecule has 0 spiro atoms. The first kappa shape index (κ1) is 24.6. The van der Waals surface area contributed by atoms with Gasteiger partial charge in [-0.15, -0.1) is 0 Å². The Balaban J connectivity index is 1.29. The van der Waals surface area contributed by atoms with Gasteiger partial charge in [-0.1, -0.05) is 36.4 Å². The van der Waals surface area contributed by atoms with Crippen molar-refractivity contribution in [3.05, 3.63) is 71.8 Å². The van der Waals surface area contributed by atoms with Gasteiger partial charge < -0.3 is 10.1 Å². The molecule has 1 saturated carbocycles. The number of nitrogens with zero attached hydrogens (tertiary/aromatic N) is 3. The van der Waals surface area contributed by atoms with E-state index < -0.39 is 0 Å². The van der Waals surface area contributed by atoms with Crippen LogP contribution in [0.1, 0.15) is 49.5 Å². The van der Waals surface area contributed by atoms with Crippen LogP contribution in [0.15, 0.2) is 65.7 Å². The summed E-state index contributed by atoms with van der Waals surface area (Å²) in [6.45, 7) is 6.16. The van der Waals surface area contributed by atoms with Gasteiger partial charge in [0.15, 0.2) is 0 Å². The fraction of sp³-hybridized carbons (Fsp3) is 0.429. The zero-order valence-corrected chi connectivity index (χ0v) is 20.8. The maximum atomic E-state index is 12.6. The monoisotopic (exact) mass is 489 g/mol. The lowest BCUT2D eigenvalue weighted by molar-refractivity contribution is -0.111. The molecular weight excluding hydrogens is 454 g/mol. The number of ether oxygens (including phenoxy) is 1. The maximum absolute atomic E-state index is 12.6. The zero-order chi connectivity index (χ0) is 24.7. The quantitative estimate of drug-likeness (QED) is 0.514.